The summed E-state index contributed by atoms with van der Waals surface area (Å²) in [5.74, 6) is -0.579. The molecule has 2 N–H and O–H groups in total. The molecule has 19 heavy (non-hydrogen) atoms. The minimum absolute atomic E-state index is 0.172. The van der Waals surface area contributed by atoms with Crippen LogP contribution >= 0.6 is 0 Å². The van der Waals surface area contributed by atoms with Crippen LogP contribution in [0, 0.1) is 0 Å². The van der Waals surface area contributed by atoms with Gasteiger partial charge in [0.25, 0.3) is 0 Å². The Morgan fingerprint density at radius 3 is 2.42 bits per heavy atom. The SMILES string of the molecule is CCNC(C)CC(=O)N1CCN(CCC(=O)O)CC1. The van der Waals surface area contributed by atoms with E-state index in [1.165, 1.54) is 0 Å². The van der Waals surface area contributed by atoms with Gasteiger partial charge in [-0.25, -0.2) is 0 Å². The smallest absolute Gasteiger partial charge is 0.304 e. The van der Waals surface area contributed by atoms with Gasteiger partial charge in [-0.1, -0.05) is 6.92 Å². The standard InChI is InChI=1S/C13H25N3O3/c1-3-14-11(2)10-12(17)16-8-6-15(7-9-16)5-4-13(18)19/h11,14H,3-10H2,1-2H3,(H,18,19). The third kappa shape index (κ3) is 6.02. The van der Waals surface area contributed by atoms with Crippen molar-refractivity contribution in [2.75, 3.05) is 39.3 Å². The molecule has 1 aliphatic heterocycles. The molecule has 0 radical (unpaired) electrons. The summed E-state index contributed by atoms with van der Waals surface area (Å²) in [4.78, 5) is 26.5. The monoisotopic (exact) mass is 271 g/mol. The predicted molar refractivity (Wildman–Crippen MR) is 73.0 cm³/mol. The van der Waals surface area contributed by atoms with Crippen LogP contribution in [0.2, 0.25) is 0 Å². The quantitative estimate of drug-likeness (QED) is 0.681. The van der Waals surface area contributed by atoms with Gasteiger partial charge in [0.2, 0.25) is 5.91 Å². The van der Waals surface area contributed by atoms with Crippen molar-refractivity contribution >= 4 is 11.9 Å². The highest BCUT2D eigenvalue weighted by atomic mass is 16.4. The van der Waals surface area contributed by atoms with Gasteiger partial charge >= 0.3 is 5.97 Å². The molecule has 6 nitrogen and oxygen atoms in total. The van der Waals surface area contributed by atoms with Crippen molar-refractivity contribution in [3.63, 3.8) is 0 Å². The van der Waals surface area contributed by atoms with Gasteiger partial charge in [-0.15, -0.1) is 0 Å². The summed E-state index contributed by atoms with van der Waals surface area (Å²) in [7, 11) is 0. The normalized spacial score (nSPS) is 18.3. The molecule has 1 rings (SSSR count). The zero-order valence-electron chi connectivity index (χ0n) is 11.9. The topological polar surface area (TPSA) is 72.9 Å². The van der Waals surface area contributed by atoms with E-state index in [-0.39, 0.29) is 18.4 Å². The second-order valence-electron chi connectivity index (χ2n) is 5.03. The second-order valence-corrected chi connectivity index (χ2v) is 5.03. The van der Waals surface area contributed by atoms with Gasteiger partial charge < -0.3 is 15.3 Å². The van der Waals surface area contributed by atoms with Crippen molar-refractivity contribution in [1.82, 2.24) is 15.1 Å². The van der Waals surface area contributed by atoms with Crippen LogP contribution in [0.25, 0.3) is 0 Å². The molecular formula is C13H25N3O3. The molecule has 1 atom stereocenters. The fraction of sp³-hybridized carbons (Fsp3) is 0.846. The Morgan fingerprint density at radius 1 is 1.26 bits per heavy atom. The molecule has 6 heteroatoms. The van der Waals surface area contributed by atoms with Gasteiger partial charge in [-0.05, 0) is 13.5 Å². The van der Waals surface area contributed by atoms with E-state index in [4.69, 9.17) is 5.11 Å². The van der Waals surface area contributed by atoms with E-state index < -0.39 is 5.97 Å². The van der Waals surface area contributed by atoms with Crippen LogP contribution in [0.3, 0.4) is 0 Å². The lowest BCUT2D eigenvalue weighted by Crippen LogP contribution is -2.50. The largest absolute Gasteiger partial charge is 0.481 e. The summed E-state index contributed by atoms with van der Waals surface area (Å²) in [6.07, 6.45) is 0.703. The summed E-state index contributed by atoms with van der Waals surface area (Å²) in [6.45, 7) is 8.45. The lowest BCUT2D eigenvalue weighted by atomic mass is 10.2. The number of nitrogens with zero attached hydrogens (tertiary/aromatic N) is 2. The highest BCUT2D eigenvalue weighted by molar-refractivity contribution is 5.76. The fourth-order valence-electron chi connectivity index (χ4n) is 2.29. The van der Waals surface area contributed by atoms with Crippen molar-refractivity contribution in [1.29, 1.82) is 0 Å². The molecular weight excluding hydrogens is 246 g/mol. The molecule has 0 aliphatic carbocycles. The maximum Gasteiger partial charge on any atom is 0.304 e. The van der Waals surface area contributed by atoms with Crippen LogP contribution in [0.15, 0.2) is 0 Å². The molecule has 0 aromatic heterocycles. The zero-order chi connectivity index (χ0) is 14.3. The number of carbonyl (C=O) groups excluding carboxylic acids is 1. The van der Waals surface area contributed by atoms with Gasteiger partial charge in [0.05, 0.1) is 6.42 Å². The Bertz CT molecular complexity index is 302. The first-order valence-electron chi connectivity index (χ1n) is 6.98. The van der Waals surface area contributed by atoms with Gasteiger partial charge in [-0.2, -0.15) is 0 Å². The molecule has 1 amide bonds. The predicted octanol–water partition coefficient (Wildman–Crippen LogP) is -0.00660. The van der Waals surface area contributed by atoms with E-state index >= 15 is 0 Å². The molecule has 1 heterocycles. The molecule has 1 unspecified atom stereocenters. The van der Waals surface area contributed by atoms with E-state index in [0.717, 1.165) is 19.6 Å². The molecule has 1 fully saturated rings. The van der Waals surface area contributed by atoms with Gasteiger partial charge in [-0.3, -0.25) is 14.5 Å². The Labute approximate surface area is 114 Å². The van der Waals surface area contributed by atoms with Crippen molar-refractivity contribution < 1.29 is 14.7 Å². The molecule has 1 aliphatic rings. The van der Waals surface area contributed by atoms with E-state index in [2.05, 4.69) is 10.2 Å². The van der Waals surface area contributed by atoms with E-state index in [0.29, 0.717) is 26.1 Å². The number of hydrogen-bond donors (Lipinski definition) is 2. The highest BCUT2D eigenvalue weighted by Crippen LogP contribution is 2.06. The average Bonchev–Trinajstić information content (AvgIpc) is 2.37. The van der Waals surface area contributed by atoms with Crippen molar-refractivity contribution in [2.24, 2.45) is 0 Å². The maximum absolute atomic E-state index is 12.0. The summed E-state index contributed by atoms with van der Waals surface area (Å²) in [6, 6.07) is 0.211. The fourth-order valence-corrected chi connectivity index (χ4v) is 2.29. The van der Waals surface area contributed by atoms with Crippen molar-refractivity contribution in [2.45, 2.75) is 32.7 Å². The first-order valence-corrected chi connectivity index (χ1v) is 6.98. The maximum atomic E-state index is 12.0. The molecule has 0 aromatic carbocycles. The van der Waals surface area contributed by atoms with Gasteiger partial charge in [0, 0.05) is 45.2 Å². The van der Waals surface area contributed by atoms with Crippen LogP contribution in [0.4, 0.5) is 0 Å². The number of carbonyl (C=O) groups is 2. The van der Waals surface area contributed by atoms with Gasteiger partial charge in [0.1, 0.15) is 0 Å². The number of carboxylic acids is 1. The van der Waals surface area contributed by atoms with Crippen molar-refractivity contribution in [3.05, 3.63) is 0 Å². The van der Waals surface area contributed by atoms with E-state index in [1.54, 1.807) is 0 Å². The van der Waals surface area contributed by atoms with E-state index in [1.807, 2.05) is 18.7 Å². The van der Waals surface area contributed by atoms with Crippen molar-refractivity contribution in [3.8, 4) is 0 Å². The third-order valence-electron chi connectivity index (χ3n) is 3.40. The lowest BCUT2D eigenvalue weighted by molar-refractivity contribution is -0.138. The van der Waals surface area contributed by atoms with Crippen LogP contribution in [0.1, 0.15) is 26.7 Å². The van der Waals surface area contributed by atoms with E-state index in [9.17, 15) is 9.59 Å². The number of hydrogen-bond acceptors (Lipinski definition) is 4. The molecule has 110 valence electrons. The number of amides is 1. The number of piperazine rings is 1. The van der Waals surface area contributed by atoms with Crippen LogP contribution in [-0.4, -0.2) is 72.1 Å². The minimum atomic E-state index is -0.766. The Hall–Kier alpha value is -1.14. The summed E-state index contributed by atoms with van der Waals surface area (Å²) < 4.78 is 0. The third-order valence-corrected chi connectivity index (χ3v) is 3.40. The lowest BCUT2D eigenvalue weighted by Gasteiger charge is -2.35. The van der Waals surface area contributed by atoms with Crippen LogP contribution in [0.5, 0.6) is 0 Å². The Kier molecular flexibility index (Phi) is 6.80. The molecule has 0 aromatic rings. The molecule has 0 spiro atoms. The summed E-state index contributed by atoms with van der Waals surface area (Å²) in [5.41, 5.74) is 0. The number of nitrogens with one attached hydrogen (secondary N) is 1. The second kappa shape index (κ2) is 8.12. The Balaban J connectivity index is 2.25. The molecule has 0 bridgehead atoms. The van der Waals surface area contributed by atoms with Crippen LogP contribution < -0.4 is 5.32 Å². The number of aliphatic carboxylic acids is 1. The number of carboxylic acid groups (broad SMARTS) is 1. The Morgan fingerprint density at radius 2 is 1.89 bits per heavy atom. The minimum Gasteiger partial charge on any atom is -0.481 e. The highest BCUT2D eigenvalue weighted by Gasteiger charge is 2.22. The van der Waals surface area contributed by atoms with Gasteiger partial charge in [0.15, 0.2) is 0 Å². The summed E-state index contributed by atoms with van der Waals surface area (Å²) in [5, 5.41) is 11.9. The van der Waals surface area contributed by atoms with Crippen LogP contribution in [-0.2, 0) is 9.59 Å². The zero-order valence-corrected chi connectivity index (χ0v) is 11.9. The molecule has 1 saturated heterocycles. The molecule has 0 saturated carbocycles. The summed E-state index contributed by atoms with van der Waals surface area (Å²) >= 11 is 0. The average molecular weight is 271 g/mol. The first-order chi connectivity index (χ1) is 9.02. The first kappa shape index (κ1) is 15.9. The number of rotatable bonds is 7.